The van der Waals surface area contributed by atoms with E-state index in [4.69, 9.17) is 0 Å². The van der Waals surface area contributed by atoms with Gasteiger partial charge in [-0.15, -0.1) is 0 Å². The maximum absolute atomic E-state index is 13.6. The SMILES string of the molecule is CCNC(=O)CNC(=O)CN1C(=O)N[C@](c2ccccc2)(c2ccc(C)c(C)c2)C1=O. The summed E-state index contributed by atoms with van der Waals surface area (Å²) in [6, 6.07) is 13.9. The van der Waals surface area contributed by atoms with Crippen molar-refractivity contribution in [3.05, 3.63) is 70.8 Å². The van der Waals surface area contributed by atoms with Gasteiger partial charge in [-0.05, 0) is 43.0 Å². The molecule has 0 unspecified atom stereocenters. The molecule has 0 saturated carbocycles. The van der Waals surface area contributed by atoms with Crippen LogP contribution in [0, 0.1) is 13.8 Å². The first-order valence-electron chi connectivity index (χ1n) is 10.1. The Hall–Kier alpha value is -3.68. The first-order valence-corrected chi connectivity index (χ1v) is 10.1. The first kappa shape index (κ1) is 22.0. The third-order valence-electron chi connectivity index (χ3n) is 5.37. The lowest BCUT2D eigenvalue weighted by Crippen LogP contribution is -2.47. The molecule has 31 heavy (non-hydrogen) atoms. The number of imide groups is 1. The van der Waals surface area contributed by atoms with Crippen molar-refractivity contribution in [2.24, 2.45) is 0 Å². The molecule has 8 heteroatoms. The maximum Gasteiger partial charge on any atom is 0.326 e. The van der Waals surface area contributed by atoms with Crippen molar-refractivity contribution in [2.75, 3.05) is 19.6 Å². The Morgan fingerprint density at radius 1 is 0.935 bits per heavy atom. The lowest BCUT2D eigenvalue weighted by Gasteiger charge is -2.28. The monoisotopic (exact) mass is 422 g/mol. The Balaban J connectivity index is 1.92. The van der Waals surface area contributed by atoms with Crippen LogP contribution in [0.4, 0.5) is 4.79 Å². The van der Waals surface area contributed by atoms with E-state index in [9.17, 15) is 19.2 Å². The molecule has 1 aliphatic heterocycles. The molecule has 1 fully saturated rings. The number of likely N-dealkylation sites (N-methyl/N-ethyl adjacent to an activating group) is 1. The van der Waals surface area contributed by atoms with Crippen LogP contribution in [0.1, 0.15) is 29.2 Å². The van der Waals surface area contributed by atoms with Gasteiger partial charge in [-0.25, -0.2) is 4.79 Å². The summed E-state index contributed by atoms with van der Waals surface area (Å²) in [5.41, 5.74) is 1.82. The van der Waals surface area contributed by atoms with Crippen LogP contribution in [0.15, 0.2) is 48.5 Å². The molecule has 3 N–H and O–H groups in total. The zero-order chi connectivity index (χ0) is 22.6. The van der Waals surface area contributed by atoms with E-state index in [0.717, 1.165) is 16.0 Å². The van der Waals surface area contributed by atoms with Crippen molar-refractivity contribution in [1.29, 1.82) is 0 Å². The summed E-state index contributed by atoms with van der Waals surface area (Å²) in [5, 5.41) is 7.81. The molecule has 2 aromatic rings. The van der Waals surface area contributed by atoms with Crippen LogP contribution in [0.3, 0.4) is 0 Å². The summed E-state index contributed by atoms with van der Waals surface area (Å²) in [5.74, 6) is -1.49. The molecule has 3 rings (SSSR count). The second-order valence-corrected chi connectivity index (χ2v) is 7.47. The van der Waals surface area contributed by atoms with Gasteiger partial charge in [0.25, 0.3) is 5.91 Å². The Kier molecular flexibility index (Phi) is 6.39. The number of hydrogen-bond donors (Lipinski definition) is 3. The number of carbonyl (C=O) groups excluding carboxylic acids is 4. The minimum atomic E-state index is -1.43. The molecule has 1 atom stereocenters. The highest BCUT2D eigenvalue weighted by Gasteiger charge is 2.54. The van der Waals surface area contributed by atoms with Crippen molar-refractivity contribution in [3.8, 4) is 0 Å². The molecular weight excluding hydrogens is 396 g/mol. The molecule has 1 saturated heterocycles. The van der Waals surface area contributed by atoms with Gasteiger partial charge >= 0.3 is 6.03 Å². The number of nitrogens with zero attached hydrogens (tertiary/aromatic N) is 1. The van der Waals surface area contributed by atoms with E-state index in [0.29, 0.717) is 17.7 Å². The highest BCUT2D eigenvalue weighted by atomic mass is 16.2. The molecule has 0 bridgehead atoms. The van der Waals surface area contributed by atoms with Crippen molar-refractivity contribution >= 4 is 23.8 Å². The predicted octanol–water partition coefficient (Wildman–Crippen LogP) is 1.35. The van der Waals surface area contributed by atoms with Crippen LogP contribution < -0.4 is 16.0 Å². The topological polar surface area (TPSA) is 108 Å². The molecule has 1 aliphatic rings. The van der Waals surface area contributed by atoms with Crippen LogP contribution in [0.5, 0.6) is 0 Å². The molecule has 0 spiro atoms. The fraction of sp³-hybridized carbons (Fsp3) is 0.304. The first-order chi connectivity index (χ1) is 14.8. The van der Waals surface area contributed by atoms with E-state index >= 15 is 0 Å². The van der Waals surface area contributed by atoms with Gasteiger partial charge in [0.05, 0.1) is 6.54 Å². The third kappa shape index (κ3) is 4.28. The average Bonchev–Trinajstić information content (AvgIpc) is 3.00. The Bertz CT molecular complexity index is 1020. The fourth-order valence-corrected chi connectivity index (χ4v) is 3.58. The number of rotatable bonds is 7. The summed E-state index contributed by atoms with van der Waals surface area (Å²) in [6.07, 6.45) is 0. The van der Waals surface area contributed by atoms with Crippen LogP contribution >= 0.6 is 0 Å². The minimum Gasteiger partial charge on any atom is -0.355 e. The van der Waals surface area contributed by atoms with Crippen LogP contribution in [-0.2, 0) is 19.9 Å². The van der Waals surface area contributed by atoms with Crippen molar-refractivity contribution < 1.29 is 19.2 Å². The van der Waals surface area contributed by atoms with Crippen LogP contribution in [0.2, 0.25) is 0 Å². The molecule has 2 aromatic carbocycles. The van der Waals surface area contributed by atoms with E-state index in [-0.39, 0.29) is 12.5 Å². The van der Waals surface area contributed by atoms with Crippen molar-refractivity contribution in [3.63, 3.8) is 0 Å². The number of amides is 5. The van der Waals surface area contributed by atoms with Gasteiger partial charge in [0.1, 0.15) is 6.54 Å². The molecule has 0 radical (unpaired) electrons. The number of aryl methyl sites for hydroxylation is 2. The molecule has 8 nitrogen and oxygen atoms in total. The normalized spacial score (nSPS) is 18.0. The average molecular weight is 422 g/mol. The summed E-state index contributed by atoms with van der Waals surface area (Å²) in [4.78, 5) is 51.2. The Morgan fingerprint density at radius 2 is 1.65 bits per heavy atom. The number of benzene rings is 2. The summed E-state index contributed by atoms with van der Waals surface area (Å²) < 4.78 is 0. The maximum atomic E-state index is 13.6. The number of nitrogens with one attached hydrogen (secondary N) is 3. The van der Waals surface area contributed by atoms with Gasteiger partial charge < -0.3 is 16.0 Å². The molecule has 0 aromatic heterocycles. The second kappa shape index (κ2) is 8.99. The predicted molar refractivity (Wildman–Crippen MR) is 115 cm³/mol. The van der Waals surface area contributed by atoms with Gasteiger partial charge in [-0.2, -0.15) is 0 Å². The molecule has 0 aliphatic carbocycles. The van der Waals surface area contributed by atoms with E-state index in [1.165, 1.54) is 0 Å². The lowest BCUT2D eigenvalue weighted by atomic mass is 9.81. The van der Waals surface area contributed by atoms with Crippen LogP contribution in [-0.4, -0.2) is 48.3 Å². The fourth-order valence-electron chi connectivity index (χ4n) is 3.58. The number of urea groups is 1. The number of hydrogen-bond acceptors (Lipinski definition) is 4. The van der Waals surface area contributed by atoms with Gasteiger partial charge in [0.2, 0.25) is 11.8 Å². The molecule has 5 amide bonds. The van der Waals surface area contributed by atoms with Crippen molar-refractivity contribution in [1.82, 2.24) is 20.9 Å². The third-order valence-corrected chi connectivity index (χ3v) is 5.37. The van der Waals surface area contributed by atoms with E-state index in [1.54, 1.807) is 31.2 Å². The second-order valence-electron chi connectivity index (χ2n) is 7.47. The Labute approximate surface area is 181 Å². The van der Waals surface area contributed by atoms with E-state index < -0.39 is 29.9 Å². The summed E-state index contributed by atoms with van der Waals surface area (Å²) in [7, 11) is 0. The molecular formula is C23H26N4O4. The smallest absolute Gasteiger partial charge is 0.326 e. The largest absolute Gasteiger partial charge is 0.355 e. The van der Waals surface area contributed by atoms with E-state index in [1.807, 2.05) is 38.1 Å². The molecule has 162 valence electrons. The zero-order valence-electron chi connectivity index (χ0n) is 17.8. The van der Waals surface area contributed by atoms with Gasteiger partial charge in [0.15, 0.2) is 5.54 Å². The summed E-state index contributed by atoms with van der Waals surface area (Å²) >= 11 is 0. The zero-order valence-corrected chi connectivity index (χ0v) is 17.8. The molecule has 1 heterocycles. The number of carbonyl (C=O) groups is 4. The lowest BCUT2D eigenvalue weighted by molar-refractivity contribution is -0.134. The highest BCUT2D eigenvalue weighted by molar-refractivity contribution is 6.11. The van der Waals surface area contributed by atoms with Gasteiger partial charge in [0, 0.05) is 6.54 Å². The summed E-state index contributed by atoms with van der Waals surface area (Å²) in [6.45, 7) is 5.40. The van der Waals surface area contributed by atoms with Gasteiger partial charge in [-0.3, -0.25) is 19.3 Å². The van der Waals surface area contributed by atoms with Crippen LogP contribution in [0.25, 0.3) is 0 Å². The standard InChI is InChI=1S/C23H26N4O4/c1-4-24-19(28)13-25-20(29)14-27-21(30)23(26-22(27)31,17-8-6-5-7-9-17)18-11-10-15(2)16(3)12-18/h5-12H,4,13-14H2,1-3H3,(H,24,28)(H,25,29)(H,26,31)/t23-/m1/s1. The minimum absolute atomic E-state index is 0.225. The quantitative estimate of drug-likeness (QED) is 0.586. The highest BCUT2D eigenvalue weighted by Crippen LogP contribution is 2.36. The van der Waals surface area contributed by atoms with Crippen molar-refractivity contribution in [2.45, 2.75) is 26.3 Å². The van der Waals surface area contributed by atoms with E-state index in [2.05, 4.69) is 16.0 Å². The van der Waals surface area contributed by atoms with Gasteiger partial charge in [-0.1, -0.05) is 48.5 Å². The Morgan fingerprint density at radius 3 is 2.29 bits per heavy atom.